The van der Waals surface area contributed by atoms with Gasteiger partial charge in [-0.3, -0.25) is 0 Å². The van der Waals surface area contributed by atoms with Gasteiger partial charge in [-0.2, -0.15) is 0 Å². The maximum atomic E-state index is 9.67. The molecule has 1 atom stereocenters. The molecular formula is C15H21NO2. The van der Waals surface area contributed by atoms with E-state index in [2.05, 4.69) is 18.3 Å². The van der Waals surface area contributed by atoms with Crippen molar-refractivity contribution in [2.45, 2.75) is 39.3 Å². The average molecular weight is 247 g/mol. The van der Waals surface area contributed by atoms with Gasteiger partial charge in [0.15, 0.2) is 0 Å². The number of para-hydroxylation sites is 1. The van der Waals surface area contributed by atoms with Gasteiger partial charge in [0, 0.05) is 24.0 Å². The Bertz CT molecular complexity index is 504. The molecule has 1 aromatic carbocycles. The zero-order valence-corrected chi connectivity index (χ0v) is 11.1. The maximum absolute atomic E-state index is 9.67. The molecule has 0 saturated heterocycles. The number of hydrogen-bond donors (Lipinski definition) is 2. The molecule has 0 aliphatic carbocycles. The summed E-state index contributed by atoms with van der Waals surface area (Å²) in [5.41, 5.74) is 2.12. The Balaban J connectivity index is 2.01. The third kappa shape index (κ3) is 2.92. The van der Waals surface area contributed by atoms with E-state index in [9.17, 15) is 5.11 Å². The monoisotopic (exact) mass is 247 g/mol. The number of benzene rings is 1. The van der Waals surface area contributed by atoms with Gasteiger partial charge in [0.2, 0.25) is 0 Å². The first kappa shape index (κ1) is 13.1. The lowest BCUT2D eigenvalue weighted by Crippen LogP contribution is -2.26. The molecule has 3 heteroatoms. The molecule has 2 N–H and O–H groups in total. The molecular weight excluding hydrogens is 226 g/mol. The molecule has 0 aliphatic heterocycles. The molecule has 0 radical (unpaired) electrons. The Labute approximate surface area is 108 Å². The predicted molar refractivity (Wildman–Crippen MR) is 73.6 cm³/mol. The average Bonchev–Trinajstić information content (AvgIpc) is 2.66. The lowest BCUT2D eigenvalue weighted by atomic mass is 10.1. The van der Waals surface area contributed by atoms with Crippen LogP contribution in [0.1, 0.15) is 31.1 Å². The fourth-order valence-corrected chi connectivity index (χ4v) is 2.24. The van der Waals surface area contributed by atoms with Crippen LogP contribution in [0.2, 0.25) is 0 Å². The molecule has 0 amide bonds. The molecule has 1 heterocycles. The lowest BCUT2D eigenvalue weighted by molar-refractivity contribution is 0.160. The number of rotatable bonds is 6. The Morgan fingerprint density at radius 2 is 2.11 bits per heavy atom. The van der Waals surface area contributed by atoms with Crippen molar-refractivity contribution >= 4 is 11.0 Å². The number of aryl methyl sites for hydroxylation is 1. The van der Waals surface area contributed by atoms with Crippen LogP contribution in [-0.2, 0) is 6.54 Å². The summed E-state index contributed by atoms with van der Waals surface area (Å²) in [6, 6.07) is 8.06. The Morgan fingerprint density at radius 3 is 2.89 bits per heavy atom. The van der Waals surface area contributed by atoms with E-state index in [-0.39, 0.29) is 6.10 Å². The summed E-state index contributed by atoms with van der Waals surface area (Å²) in [6.45, 7) is 5.44. The first-order valence-corrected chi connectivity index (χ1v) is 6.58. The summed E-state index contributed by atoms with van der Waals surface area (Å²) in [6.07, 6.45) is 1.60. The van der Waals surface area contributed by atoms with Gasteiger partial charge in [0.05, 0.1) is 6.10 Å². The van der Waals surface area contributed by atoms with E-state index in [1.54, 1.807) is 0 Å². The Kier molecular flexibility index (Phi) is 4.39. The second kappa shape index (κ2) is 6.03. The van der Waals surface area contributed by atoms with E-state index < -0.39 is 0 Å². The van der Waals surface area contributed by atoms with Gasteiger partial charge >= 0.3 is 0 Å². The second-order valence-electron chi connectivity index (χ2n) is 4.71. The van der Waals surface area contributed by atoms with E-state index in [4.69, 9.17) is 4.42 Å². The quantitative estimate of drug-likeness (QED) is 0.825. The van der Waals surface area contributed by atoms with Gasteiger partial charge in [-0.25, -0.2) is 0 Å². The van der Waals surface area contributed by atoms with Crippen molar-refractivity contribution in [2.24, 2.45) is 0 Å². The van der Waals surface area contributed by atoms with Crippen molar-refractivity contribution in [1.82, 2.24) is 5.32 Å². The van der Waals surface area contributed by atoms with Gasteiger partial charge in [-0.15, -0.1) is 0 Å². The van der Waals surface area contributed by atoms with Crippen LogP contribution in [-0.4, -0.2) is 17.8 Å². The second-order valence-corrected chi connectivity index (χ2v) is 4.71. The minimum Gasteiger partial charge on any atom is -0.461 e. The molecule has 1 unspecified atom stereocenters. The van der Waals surface area contributed by atoms with E-state index in [1.165, 1.54) is 5.56 Å². The van der Waals surface area contributed by atoms with Crippen LogP contribution in [0, 0.1) is 6.92 Å². The van der Waals surface area contributed by atoms with E-state index >= 15 is 0 Å². The van der Waals surface area contributed by atoms with Crippen molar-refractivity contribution in [1.29, 1.82) is 0 Å². The fraction of sp³-hybridized carbons (Fsp3) is 0.467. The van der Waals surface area contributed by atoms with Crippen molar-refractivity contribution in [3.63, 3.8) is 0 Å². The van der Waals surface area contributed by atoms with Crippen molar-refractivity contribution < 1.29 is 9.52 Å². The predicted octanol–water partition coefficient (Wildman–Crippen LogP) is 2.99. The molecule has 3 nitrogen and oxygen atoms in total. The molecule has 0 fully saturated rings. The molecule has 2 rings (SSSR count). The van der Waals surface area contributed by atoms with E-state index in [0.717, 1.165) is 36.1 Å². The molecule has 98 valence electrons. The molecule has 0 bridgehead atoms. The molecule has 2 aromatic rings. The summed E-state index contributed by atoms with van der Waals surface area (Å²) in [5, 5.41) is 14.1. The summed E-state index contributed by atoms with van der Waals surface area (Å²) < 4.78 is 5.70. The van der Waals surface area contributed by atoms with Crippen LogP contribution in [0.25, 0.3) is 11.0 Å². The SMILES string of the molecule is CCCC(O)CNCc1c(C)oc2ccccc12. The minimum atomic E-state index is -0.256. The van der Waals surface area contributed by atoms with Crippen LogP contribution >= 0.6 is 0 Å². The number of hydrogen-bond acceptors (Lipinski definition) is 3. The van der Waals surface area contributed by atoms with Gasteiger partial charge in [-0.05, 0) is 19.4 Å². The van der Waals surface area contributed by atoms with Crippen LogP contribution in [0.3, 0.4) is 0 Å². The van der Waals surface area contributed by atoms with E-state index in [1.807, 2.05) is 25.1 Å². The number of aliphatic hydroxyl groups excluding tert-OH is 1. The third-order valence-corrected chi connectivity index (χ3v) is 3.20. The van der Waals surface area contributed by atoms with Crippen LogP contribution in [0.4, 0.5) is 0 Å². The van der Waals surface area contributed by atoms with Crippen LogP contribution in [0.5, 0.6) is 0 Å². The first-order valence-electron chi connectivity index (χ1n) is 6.58. The molecule has 0 saturated carbocycles. The topological polar surface area (TPSA) is 45.4 Å². The zero-order chi connectivity index (χ0) is 13.0. The zero-order valence-electron chi connectivity index (χ0n) is 11.1. The third-order valence-electron chi connectivity index (χ3n) is 3.20. The Morgan fingerprint density at radius 1 is 1.33 bits per heavy atom. The van der Waals surface area contributed by atoms with Crippen LogP contribution in [0.15, 0.2) is 28.7 Å². The Hall–Kier alpha value is -1.32. The number of nitrogens with one attached hydrogen (secondary N) is 1. The summed E-state index contributed by atoms with van der Waals surface area (Å²) in [5.74, 6) is 0.952. The first-order chi connectivity index (χ1) is 8.72. The summed E-state index contributed by atoms with van der Waals surface area (Å²) >= 11 is 0. The molecule has 1 aromatic heterocycles. The van der Waals surface area contributed by atoms with Crippen molar-refractivity contribution in [3.05, 3.63) is 35.6 Å². The molecule has 0 aliphatic rings. The highest BCUT2D eigenvalue weighted by Gasteiger charge is 2.10. The molecule has 0 spiro atoms. The summed E-state index contributed by atoms with van der Waals surface area (Å²) in [7, 11) is 0. The maximum Gasteiger partial charge on any atom is 0.134 e. The van der Waals surface area contributed by atoms with Crippen LogP contribution < -0.4 is 5.32 Å². The highest BCUT2D eigenvalue weighted by Crippen LogP contribution is 2.24. The fourth-order valence-electron chi connectivity index (χ4n) is 2.24. The highest BCUT2D eigenvalue weighted by atomic mass is 16.3. The van der Waals surface area contributed by atoms with Crippen molar-refractivity contribution in [3.8, 4) is 0 Å². The van der Waals surface area contributed by atoms with Gasteiger partial charge in [-0.1, -0.05) is 31.5 Å². The molecule has 18 heavy (non-hydrogen) atoms. The lowest BCUT2D eigenvalue weighted by Gasteiger charge is -2.10. The van der Waals surface area contributed by atoms with Gasteiger partial charge in [0.1, 0.15) is 11.3 Å². The normalized spacial score (nSPS) is 13.1. The standard InChI is InChI=1S/C15H21NO2/c1-3-6-12(17)9-16-10-14-11(2)18-15-8-5-4-7-13(14)15/h4-5,7-8,12,16-17H,3,6,9-10H2,1-2H3. The number of aliphatic hydroxyl groups is 1. The van der Waals surface area contributed by atoms with E-state index in [0.29, 0.717) is 6.54 Å². The summed E-state index contributed by atoms with van der Waals surface area (Å²) in [4.78, 5) is 0. The highest BCUT2D eigenvalue weighted by molar-refractivity contribution is 5.82. The largest absolute Gasteiger partial charge is 0.461 e. The smallest absolute Gasteiger partial charge is 0.134 e. The van der Waals surface area contributed by atoms with Crippen molar-refractivity contribution in [2.75, 3.05) is 6.54 Å². The van der Waals surface area contributed by atoms with Gasteiger partial charge in [0.25, 0.3) is 0 Å². The number of furan rings is 1. The minimum absolute atomic E-state index is 0.256. The number of fused-ring (bicyclic) bond motifs is 1. The van der Waals surface area contributed by atoms with Gasteiger partial charge < -0.3 is 14.8 Å².